The molecule has 0 amide bonds. The normalized spacial score (nSPS) is 13.7. The van der Waals surface area contributed by atoms with Crippen LogP contribution >= 0.6 is 0 Å². The van der Waals surface area contributed by atoms with Gasteiger partial charge in [0.15, 0.2) is 0 Å². The SMILES string of the molecule is C=CC[C@](C)(CCCC(C)=O)C(=O)CCC(=C)C. The summed E-state index contributed by atoms with van der Waals surface area (Å²) in [6, 6.07) is 0. The van der Waals surface area contributed by atoms with Crippen molar-refractivity contribution in [1.29, 1.82) is 0 Å². The second-order valence-corrected chi connectivity index (χ2v) is 5.49. The van der Waals surface area contributed by atoms with E-state index in [-0.39, 0.29) is 17.0 Å². The molecule has 2 heteroatoms. The number of allylic oxidation sites excluding steroid dienone is 2. The Hall–Kier alpha value is -1.18. The molecule has 0 saturated carbocycles. The molecular weight excluding hydrogens is 224 g/mol. The first kappa shape index (κ1) is 16.8. The molecule has 0 rings (SSSR count). The summed E-state index contributed by atoms with van der Waals surface area (Å²) in [6.07, 6.45) is 5.86. The second-order valence-electron chi connectivity index (χ2n) is 5.49. The lowest BCUT2D eigenvalue weighted by atomic mass is 9.76. The molecule has 0 aliphatic rings. The average Bonchev–Trinajstić information content (AvgIpc) is 2.25. The maximum absolute atomic E-state index is 12.3. The highest BCUT2D eigenvalue weighted by Gasteiger charge is 2.30. The molecule has 0 spiro atoms. The van der Waals surface area contributed by atoms with Crippen LogP contribution in [0.25, 0.3) is 0 Å². The van der Waals surface area contributed by atoms with Crippen molar-refractivity contribution < 1.29 is 9.59 Å². The average molecular weight is 250 g/mol. The lowest BCUT2D eigenvalue weighted by Crippen LogP contribution is -2.27. The van der Waals surface area contributed by atoms with E-state index in [0.717, 1.165) is 24.8 Å². The fraction of sp³-hybridized carbons (Fsp3) is 0.625. The molecule has 0 bridgehead atoms. The quantitative estimate of drug-likeness (QED) is 0.543. The van der Waals surface area contributed by atoms with E-state index in [1.807, 2.05) is 13.8 Å². The van der Waals surface area contributed by atoms with Crippen LogP contribution in [-0.2, 0) is 9.59 Å². The molecule has 0 aromatic rings. The Balaban J connectivity index is 4.47. The second kappa shape index (κ2) is 8.02. The number of Topliss-reactive ketones (excluding diaryl/α,β-unsaturated/α-hetero) is 2. The van der Waals surface area contributed by atoms with Gasteiger partial charge >= 0.3 is 0 Å². The number of carbonyl (C=O) groups is 2. The molecule has 0 unspecified atom stereocenters. The van der Waals surface area contributed by atoms with Gasteiger partial charge in [0.05, 0.1) is 0 Å². The van der Waals surface area contributed by atoms with Crippen LogP contribution in [0.4, 0.5) is 0 Å². The van der Waals surface area contributed by atoms with Gasteiger partial charge in [0.2, 0.25) is 0 Å². The Labute approximate surface area is 111 Å². The predicted molar refractivity (Wildman–Crippen MR) is 76.5 cm³/mol. The summed E-state index contributed by atoms with van der Waals surface area (Å²) in [4.78, 5) is 23.2. The molecule has 0 aromatic carbocycles. The van der Waals surface area contributed by atoms with E-state index < -0.39 is 0 Å². The smallest absolute Gasteiger partial charge is 0.139 e. The number of ketones is 2. The third-order valence-corrected chi connectivity index (χ3v) is 3.30. The third kappa shape index (κ3) is 6.53. The molecular formula is C16H26O2. The van der Waals surface area contributed by atoms with E-state index in [1.54, 1.807) is 13.0 Å². The number of carbonyl (C=O) groups excluding carboxylic acids is 2. The summed E-state index contributed by atoms with van der Waals surface area (Å²) in [5.41, 5.74) is 0.667. The number of hydrogen-bond acceptors (Lipinski definition) is 2. The van der Waals surface area contributed by atoms with E-state index in [9.17, 15) is 9.59 Å². The van der Waals surface area contributed by atoms with E-state index in [2.05, 4.69) is 13.2 Å². The van der Waals surface area contributed by atoms with Gasteiger partial charge in [0.1, 0.15) is 11.6 Å². The Bertz CT molecular complexity index is 328. The highest BCUT2D eigenvalue weighted by atomic mass is 16.1. The molecule has 102 valence electrons. The van der Waals surface area contributed by atoms with Crippen molar-refractivity contribution in [3.8, 4) is 0 Å². The zero-order valence-electron chi connectivity index (χ0n) is 12.1. The zero-order chi connectivity index (χ0) is 14.2. The van der Waals surface area contributed by atoms with Gasteiger partial charge in [0, 0.05) is 18.3 Å². The van der Waals surface area contributed by atoms with Gasteiger partial charge in [0.25, 0.3) is 0 Å². The Morgan fingerprint density at radius 1 is 1.17 bits per heavy atom. The molecule has 0 saturated heterocycles. The molecule has 0 aliphatic heterocycles. The standard InChI is InChI=1S/C16H26O2/c1-6-11-16(5,12-7-8-14(4)17)15(18)10-9-13(2)3/h6H,1-2,7-12H2,3-5H3/t16-/m1/s1. The van der Waals surface area contributed by atoms with Crippen LogP contribution in [-0.4, -0.2) is 11.6 Å². The molecule has 18 heavy (non-hydrogen) atoms. The van der Waals surface area contributed by atoms with E-state index >= 15 is 0 Å². The van der Waals surface area contributed by atoms with Crippen LogP contribution in [0.5, 0.6) is 0 Å². The monoisotopic (exact) mass is 250 g/mol. The highest BCUT2D eigenvalue weighted by Crippen LogP contribution is 2.32. The first-order valence-electron chi connectivity index (χ1n) is 6.60. The summed E-state index contributed by atoms with van der Waals surface area (Å²) in [6.45, 7) is 13.1. The number of rotatable bonds is 10. The van der Waals surface area contributed by atoms with Crippen molar-refractivity contribution in [3.05, 3.63) is 24.8 Å². The molecule has 0 fully saturated rings. The summed E-state index contributed by atoms with van der Waals surface area (Å²) in [7, 11) is 0. The Morgan fingerprint density at radius 2 is 1.78 bits per heavy atom. The fourth-order valence-corrected chi connectivity index (χ4v) is 2.03. The summed E-state index contributed by atoms with van der Waals surface area (Å²) >= 11 is 0. The molecule has 2 nitrogen and oxygen atoms in total. The summed E-state index contributed by atoms with van der Waals surface area (Å²) < 4.78 is 0. The lowest BCUT2D eigenvalue weighted by Gasteiger charge is -2.27. The Morgan fingerprint density at radius 3 is 2.22 bits per heavy atom. The summed E-state index contributed by atoms with van der Waals surface area (Å²) in [5, 5.41) is 0. The molecule has 0 radical (unpaired) electrons. The minimum absolute atomic E-state index is 0.185. The van der Waals surface area contributed by atoms with E-state index in [1.165, 1.54) is 0 Å². The minimum Gasteiger partial charge on any atom is -0.300 e. The predicted octanol–water partition coefficient (Wildman–Crippen LogP) is 4.25. The van der Waals surface area contributed by atoms with Crippen molar-refractivity contribution >= 4 is 11.6 Å². The molecule has 0 aliphatic carbocycles. The van der Waals surface area contributed by atoms with Gasteiger partial charge in [-0.25, -0.2) is 0 Å². The van der Waals surface area contributed by atoms with Gasteiger partial charge in [-0.2, -0.15) is 0 Å². The maximum Gasteiger partial charge on any atom is 0.139 e. The lowest BCUT2D eigenvalue weighted by molar-refractivity contribution is -0.128. The molecule has 0 heterocycles. The number of hydrogen-bond donors (Lipinski definition) is 0. The largest absolute Gasteiger partial charge is 0.300 e. The first-order chi connectivity index (χ1) is 8.31. The van der Waals surface area contributed by atoms with Crippen molar-refractivity contribution in [3.63, 3.8) is 0 Å². The van der Waals surface area contributed by atoms with E-state index in [4.69, 9.17) is 0 Å². The van der Waals surface area contributed by atoms with Crippen molar-refractivity contribution in [2.75, 3.05) is 0 Å². The van der Waals surface area contributed by atoms with Crippen LogP contribution in [0, 0.1) is 5.41 Å². The third-order valence-electron chi connectivity index (χ3n) is 3.30. The molecule has 1 atom stereocenters. The van der Waals surface area contributed by atoms with Crippen LogP contribution in [0.1, 0.15) is 59.3 Å². The molecule has 0 N–H and O–H groups in total. The first-order valence-corrected chi connectivity index (χ1v) is 6.60. The topological polar surface area (TPSA) is 34.1 Å². The van der Waals surface area contributed by atoms with Crippen molar-refractivity contribution in [2.24, 2.45) is 5.41 Å². The van der Waals surface area contributed by atoms with Crippen LogP contribution in [0.15, 0.2) is 24.8 Å². The van der Waals surface area contributed by atoms with Crippen LogP contribution in [0.2, 0.25) is 0 Å². The van der Waals surface area contributed by atoms with Gasteiger partial charge in [-0.05, 0) is 39.5 Å². The maximum atomic E-state index is 12.3. The zero-order valence-corrected chi connectivity index (χ0v) is 12.1. The highest BCUT2D eigenvalue weighted by molar-refractivity contribution is 5.85. The Kier molecular flexibility index (Phi) is 7.49. The van der Waals surface area contributed by atoms with Gasteiger partial charge in [-0.1, -0.05) is 18.6 Å². The van der Waals surface area contributed by atoms with Crippen molar-refractivity contribution in [1.82, 2.24) is 0 Å². The fourth-order valence-electron chi connectivity index (χ4n) is 2.03. The van der Waals surface area contributed by atoms with Crippen LogP contribution < -0.4 is 0 Å². The van der Waals surface area contributed by atoms with Gasteiger partial charge in [-0.3, -0.25) is 4.79 Å². The summed E-state index contributed by atoms with van der Waals surface area (Å²) in [5.74, 6) is 0.444. The van der Waals surface area contributed by atoms with E-state index in [0.29, 0.717) is 19.3 Å². The molecule has 0 aromatic heterocycles. The van der Waals surface area contributed by atoms with Gasteiger partial charge in [-0.15, -0.1) is 13.2 Å². The minimum atomic E-state index is -0.368. The van der Waals surface area contributed by atoms with Gasteiger partial charge < -0.3 is 4.79 Å². The van der Waals surface area contributed by atoms with Crippen molar-refractivity contribution in [2.45, 2.75) is 59.3 Å². The van der Waals surface area contributed by atoms with Crippen LogP contribution in [0.3, 0.4) is 0 Å².